The number of aryl methyl sites for hydroxylation is 1. The predicted octanol–water partition coefficient (Wildman–Crippen LogP) is 2.52. The first-order valence-electron chi connectivity index (χ1n) is 9.14. The minimum Gasteiger partial charge on any atom is -0.350 e. The van der Waals surface area contributed by atoms with E-state index in [-0.39, 0.29) is 5.91 Å². The van der Waals surface area contributed by atoms with E-state index in [2.05, 4.69) is 39.4 Å². The van der Waals surface area contributed by atoms with Crippen LogP contribution in [0.25, 0.3) is 11.4 Å². The van der Waals surface area contributed by atoms with Crippen LogP contribution < -0.4 is 5.32 Å². The van der Waals surface area contributed by atoms with E-state index in [1.807, 2.05) is 25.1 Å². The highest BCUT2D eigenvalue weighted by molar-refractivity contribution is 5.92. The fraction of sp³-hybridized carbons (Fsp3) is 0.421. The molecular weight excluding hydrogens is 344 g/mol. The van der Waals surface area contributed by atoms with E-state index in [0.717, 1.165) is 17.7 Å². The van der Waals surface area contributed by atoms with Crippen LogP contribution in [0.4, 0.5) is 0 Å². The van der Waals surface area contributed by atoms with Crippen molar-refractivity contribution in [1.82, 2.24) is 30.2 Å². The van der Waals surface area contributed by atoms with Crippen LogP contribution in [-0.2, 0) is 19.4 Å². The molecule has 1 N–H and O–H groups in total. The molecule has 0 bridgehead atoms. The van der Waals surface area contributed by atoms with Crippen molar-refractivity contribution in [2.75, 3.05) is 6.54 Å². The van der Waals surface area contributed by atoms with Gasteiger partial charge in [0.2, 0.25) is 11.7 Å². The zero-order valence-corrected chi connectivity index (χ0v) is 15.8. The lowest BCUT2D eigenvalue weighted by molar-refractivity contribution is 0.0942. The molecule has 0 unspecified atom stereocenters. The van der Waals surface area contributed by atoms with Crippen LogP contribution in [0.15, 0.2) is 35.1 Å². The van der Waals surface area contributed by atoms with Crippen molar-refractivity contribution in [2.45, 2.75) is 40.2 Å². The number of nitrogens with zero attached hydrogens (tertiary/aromatic N) is 5. The molecule has 0 fully saturated rings. The third-order valence-corrected chi connectivity index (χ3v) is 3.99. The quantitative estimate of drug-likeness (QED) is 0.656. The first kappa shape index (κ1) is 18.8. The summed E-state index contributed by atoms with van der Waals surface area (Å²) in [6.45, 7) is 7.30. The van der Waals surface area contributed by atoms with Crippen molar-refractivity contribution < 1.29 is 9.32 Å². The summed E-state index contributed by atoms with van der Waals surface area (Å²) >= 11 is 0. The van der Waals surface area contributed by atoms with Crippen LogP contribution >= 0.6 is 0 Å². The van der Waals surface area contributed by atoms with Gasteiger partial charge in [0.25, 0.3) is 5.91 Å². The fourth-order valence-electron chi connectivity index (χ4n) is 2.75. The summed E-state index contributed by atoms with van der Waals surface area (Å²) in [5.74, 6) is 1.31. The maximum Gasteiger partial charge on any atom is 0.269 e. The molecule has 3 heterocycles. The van der Waals surface area contributed by atoms with Gasteiger partial charge in [-0.1, -0.05) is 19.0 Å². The van der Waals surface area contributed by atoms with Crippen LogP contribution in [-0.4, -0.2) is 37.4 Å². The standard InChI is InChI=1S/C19H24N6O2/c1-4-25-16(11-15(23-25)10-13(2)3)19(26)21-9-7-17-22-18(24-27-17)14-6-5-8-20-12-14/h5-6,8,11-13H,4,7,9-10H2,1-3H3,(H,21,26). The number of carbonyl (C=O) groups excluding carboxylic acids is 1. The number of nitrogens with one attached hydrogen (secondary N) is 1. The fourth-order valence-corrected chi connectivity index (χ4v) is 2.75. The lowest BCUT2D eigenvalue weighted by Gasteiger charge is -2.05. The monoisotopic (exact) mass is 368 g/mol. The molecule has 0 saturated heterocycles. The first-order valence-corrected chi connectivity index (χ1v) is 9.14. The number of aromatic nitrogens is 5. The van der Waals surface area contributed by atoms with E-state index in [0.29, 0.717) is 42.8 Å². The average molecular weight is 368 g/mol. The number of carbonyl (C=O) groups is 1. The Kier molecular flexibility index (Phi) is 5.95. The Morgan fingerprint density at radius 3 is 2.93 bits per heavy atom. The molecule has 0 aliphatic heterocycles. The Balaban J connectivity index is 1.57. The zero-order valence-electron chi connectivity index (χ0n) is 15.8. The van der Waals surface area contributed by atoms with Gasteiger partial charge < -0.3 is 9.84 Å². The number of rotatable bonds is 8. The number of hydrogen-bond donors (Lipinski definition) is 1. The summed E-state index contributed by atoms with van der Waals surface area (Å²) in [6.07, 6.45) is 4.68. The van der Waals surface area contributed by atoms with Crippen molar-refractivity contribution in [3.8, 4) is 11.4 Å². The van der Waals surface area contributed by atoms with Crippen molar-refractivity contribution in [1.29, 1.82) is 0 Å². The minimum atomic E-state index is -0.147. The van der Waals surface area contributed by atoms with Gasteiger partial charge in [-0.3, -0.25) is 14.5 Å². The minimum absolute atomic E-state index is 0.147. The summed E-state index contributed by atoms with van der Waals surface area (Å²) in [6, 6.07) is 5.55. The molecule has 142 valence electrons. The predicted molar refractivity (Wildman–Crippen MR) is 100 cm³/mol. The van der Waals surface area contributed by atoms with Crippen LogP contribution in [0, 0.1) is 5.92 Å². The molecule has 0 aromatic carbocycles. The summed E-state index contributed by atoms with van der Waals surface area (Å²) in [7, 11) is 0. The molecular formula is C19H24N6O2. The van der Waals surface area contributed by atoms with E-state index < -0.39 is 0 Å². The van der Waals surface area contributed by atoms with Gasteiger partial charge in [-0.2, -0.15) is 10.1 Å². The Morgan fingerprint density at radius 2 is 2.22 bits per heavy atom. The van der Waals surface area contributed by atoms with Gasteiger partial charge in [-0.15, -0.1) is 0 Å². The second-order valence-electron chi connectivity index (χ2n) is 6.69. The average Bonchev–Trinajstić information content (AvgIpc) is 3.29. The van der Waals surface area contributed by atoms with Crippen LogP contribution in [0.3, 0.4) is 0 Å². The summed E-state index contributed by atoms with van der Waals surface area (Å²) < 4.78 is 6.98. The van der Waals surface area contributed by atoms with Gasteiger partial charge in [0.15, 0.2) is 0 Å². The normalized spacial score (nSPS) is 11.1. The second kappa shape index (κ2) is 8.57. The molecule has 0 spiro atoms. The Hall–Kier alpha value is -3.03. The molecule has 3 rings (SSSR count). The van der Waals surface area contributed by atoms with Crippen LogP contribution in [0.5, 0.6) is 0 Å². The molecule has 0 aliphatic carbocycles. The second-order valence-corrected chi connectivity index (χ2v) is 6.69. The van der Waals surface area contributed by atoms with Crippen molar-refractivity contribution >= 4 is 5.91 Å². The SMILES string of the molecule is CCn1nc(CC(C)C)cc1C(=O)NCCc1nc(-c2cccnc2)no1. The molecule has 1 amide bonds. The van der Waals surface area contributed by atoms with Gasteiger partial charge >= 0.3 is 0 Å². The topological polar surface area (TPSA) is 98.7 Å². The van der Waals surface area contributed by atoms with E-state index in [9.17, 15) is 4.79 Å². The van der Waals surface area contributed by atoms with Gasteiger partial charge in [0.1, 0.15) is 5.69 Å². The Labute approximate surface area is 158 Å². The van der Waals surface area contributed by atoms with E-state index in [4.69, 9.17) is 4.52 Å². The molecule has 8 nitrogen and oxygen atoms in total. The number of amides is 1. The number of hydrogen-bond acceptors (Lipinski definition) is 6. The third kappa shape index (κ3) is 4.78. The smallest absolute Gasteiger partial charge is 0.269 e. The molecule has 0 saturated carbocycles. The Morgan fingerprint density at radius 1 is 1.37 bits per heavy atom. The molecule has 0 radical (unpaired) electrons. The van der Waals surface area contributed by atoms with Crippen molar-refractivity contribution in [2.24, 2.45) is 5.92 Å². The molecule has 27 heavy (non-hydrogen) atoms. The van der Waals surface area contributed by atoms with Gasteiger partial charge in [0, 0.05) is 37.5 Å². The first-order chi connectivity index (χ1) is 13.1. The molecule has 3 aromatic rings. The van der Waals surface area contributed by atoms with Gasteiger partial charge in [-0.25, -0.2) is 0 Å². The highest BCUT2D eigenvalue weighted by atomic mass is 16.5. The maximum absolute atomic E-state index is 12.5. The van der Waals surface area contributed by atoms with Crippen LogP contribution in [0.1, 0.15) is 42.8 Å². The highest BCUT2D eigenvalue weighted by Crippen LogP contribution is 2.14. The van der Waals surface area contributed by atoms with Gasteiger partial charge in [-0.05, 0) is 37.5 Å². The van der Waals surface area contributed by atoms with E-state index in [1.54, 1.807) is 17.1 Å². The van der Waals surface area contributed by atoms with Gasteiger partial charge in [0.05, 0.1) is 5.69 Å². The molecule has 0 atom stereocenters. The summed E-state index contributed by atoms with van der Waals surface area (Å²) in [5.41, 5.74) is 2.31. The zero-order chi connectivity index (χ0) is 19.2. The van der Waals surface area contributed by atoms with E-state index >= 15 is 0 Å². The van der Waals surface area contributed by atoms with Crippen molar-refractivity contribution in [3.05, 3.63) is 47.9 Å². The Bertz CT molecular complexity index is 885. The van der Waals surface area contributed by atoms with E-state index in [1.165, 1.54) is 0 Å². The molecule has 0 aliphatic rings. The lowest BCUT2D eigenvalue weighted by Crippen LogP contribution is -2.28. The lowest BCUT2D eigenvalue weighted by atomic mass is 10.1. The molecule has 3 aromatic heterocycles. The summed E-state index contributed by atoms with van der Waals surface area (Å²) in [4.78, 5) is 20.9. The maximum atomic E-state index is 12.5. The van der Waals surface area contributed by atoms with Crippen LogP contribution in [0.2, 0.25) is 0 Å². The molecule has 8 heteroatoms. The van der Waals surface area contributed by atoms with Crippen molar-refractivity contribution in [3.63, 3.8) is 0 Å². The third-order valence-electron chi connectivity index (χ3n) is 3.99. The largest absolute Gasteiger partial charge is 0.350 e. The highest BCUT2D eigenvalue weighted by Gasteiger charge is 2.15. The number of pyridine rings is 1. The summed E-state index contributed by atoms with van der Waals surface area (Å²) in [5, 5.41) is 11.3.